The zero-order valence-corrected chi connectivity index (χ0v) is 11.9. The zero-order chi connectivity index (χ0) is 13.8. The van der Waals surface area contributed by atoms with Crippen LogP contribution in [0.4, 0.5) is 0 Å². The summed E-state index contributed by atoms with van der Waals surface area (Å²) in [7, 11) is 0. The summed E-state index contributed by atoms with van der Waals surface area (Å²) >= 11 is 6.12. The Bertz CT molecular complexity index is 538. The summed E-state index contributed by atoms with van der Waals surface area (Å²) in [6.45, 7) is 4.51. The van der Waals surface area contributed by atoms with Gasteiger partial charge in [0.1, 0.15) is 12.4 Å². The SMILES string of the molecule is Cc1cc(OCc2ccc(CO)cc2)cc(C)c1Cl. The highest BCUT2D eigenvalue weighted by Gasteiger charge is 2.04. The summed E-state index contributed by atoms with van der Waals surface area (Å²) in [5.41, 5.74) is 4.02. The van der Waals surface area contributed by atoms with Crippen LogP contribution in [-0.2, 0) is 13.2 Å². The molecule has 100 valence electrons. The lowest BCUT2D eigenvalue weighted by atomic mass is 10.1. The van der Waals surface area contributed by atoms with Gasteiger partial charge in [0, 0.05) is 5.02 Å². The third kappa shape index (κ3) is 3.49. The highest BCUT2D eigenvalue weighted by atomic mass is 35.5. The number of hydrogen-bond donors (Lipinski definition) is 1. The molecule has 2 nitrogen and oxygen atoms in total. The Labute approximate surface area is 118 Å². The quantitative estimate of drug-likeness (QED) is 0.914. The normalized spacial score (nSPS) is 10.5. The second kappa shape index (κ2) is 6.09. The van der Waals surface area contributed by atoms with Crippen molar-refractivity contribution < 1.29 is 9.84 Å². The van der Waals surface area contributed by atoms with Crippen molar-refractivity contribution >= 4 is 11.6 Å². The van der Waals surface area contributed by atoms with Gasteiger partial charge in [0.15, 0.2) is 0 Å². The van der Waals surface area contributed by atoms with E-state index in [4.69, 9.17) is 21.4 Å². The van der Waals surface area contributed by atoms with E-state index in [1.54, 1.807) is 0 Å². The fraction of sp³-hybridized carbons (Fsp3) is 0.250. The number of aliphatic hydroxyl groups is 1. The molecule has 0 aliphatic heterocycles. The molecule has 19 heavy (non-hydrogen) atoms. The van der Waals surface area contributed by atoms with Crippen LogP contribution in [0.15, 0.2) is 36.4 Å². The Morgan fingerprint density at radius 1 is 1.00 bits per heavy atom. The minimum absolute atomic E-state index is 0.0662. The molecule has 1 N–H and O–H groups in total. The molecule has 0 spiro atoms. The molecule has 3 heteroatoms. The van der Waals surface area contributed by atoms with Gasteiger partial charge < -0.3 is 9.84 Å². The predicted molar refractivity (Wildman–Crippen MR) is 77.6 cm³/mol. The van der Waals surface area contributed by atoms with E-state index in [2.05, 4.69) is 0 Å². The van der Waals surface area contributed by atoms with E-state index >= 15 is 0 Å². The van der Waals surface area contributed by atoms with Gasteiger partial charge in [-0.15, -0.1) is 0 Å². The number of hydrogen-bond acceptors (Lipinski definition) is 2. The maximum absolute atomic E-state index is 8.98. The molecule has 0 radical (unpaired) electrons. The van der Waals surface area contributed by atoms with E-state index < -0.39 is 0 Å². The van der Waals surface area contributed by atoms with Crippen LogP contribution in [-0.4, -0.2) is 5.11 Å². The van der Waals surface area contributed by atoms with Gasteiger partial charge in [0.05, 0.1) is 6.61 Å². The fourth-order valence-electron chi connectivity index (χ4n) is 1.90. The smallest absolute Gasteiger partial charge is 0.120 e. The van der Waals surface area contributed by atoms with Crippen molar-refractivity contribution in [2.45, 2.75) is 27.1 Å². The number of aryl methyl sites for hydroxylation is 2. The van der Waals surface area contributed by atoms with Gasteiger partial charge in [0.25, 0.3) is 0 Å². The van der Waals surface area contributed by atoms with Crippen LogP contribution >= 0.6 is 11.6 Å². The Hall–Kier alpha value is -1.51. The highest BCUT2D eigenvalue weighted by Crippen LogP contribution is 2.26. The first-order chi connectivity index (χ1) is 9.10. The molecular weight excluding hydrogens is 260 g/mol. The van der Waals surface area contributed by atoms with Crippen molar-refractivity contribution in [2.24, 2.45) is 0 Å². The molecule has 2 aromatic carbocycles. The average molecular weight is 277 g/mol. The number of ether oxygens (including phenoxy) is 1. The molecule has 0 bridgehead atoms. The Balaban J connectivity index is 2.05. The predicted octanol–water partition coefficient (Wildman–Crippen LogP) is 4.03. The molecule has 0 amide bonds. The molecule has 0 aliphatic carbocycles. The molecule has 0 atom stereocenters. The summed E-state index contributed by atoms with van der Waals surface area (Å²) in [4.78, 5) is 0. The maximum atomic E-state index is 8.98. The third-order valence-electron chi connectivity index (χ3n) is 3.02. The van der Waals surface area contributed by atoms with Crippen LogP contribution in [0.25, 0.3) is 0 Å². The maximum Gasteiger partial charge on any atom is 0.120 e. The molecule has 0 heterocycles. The summed E-state index contributed by atoms with van der Waals surface area (Å²) < 4.78 is 5.76. The molecular formula is C16H17ClO2. The van der Waals surface area contributed by atoms with Gasteiger partial charge in [0.2, 0.25) is 0 Å². The first-order valence-electron chi connectivity index (χ1n) is 6.18. The second-order valence-electron chi connectivity index (χ2n) is 4.63. The van der Waals surface area contributed by atoms with Crippen molar-refractivity contribution in [3.8, 4) is 5.75 Å². The van der Waals surface area contributed by atoms with E-state index in [1.165, 1.54) is 0 Å². The number of benzene rings is 2. The molecule has 0 aromatic heterocycles. The third-order valence-corrected chi connectivity index (χ3v) is 3.62. The molecule has 0 fully saturated rings. The largest absolute Gasteiger partial charge is 0.489 e. The van der Waals surface area contributed by atoms with E-state index in [9.17, 15) is 0 Å². The summed E-state index contributed by atoms with van der Waals surface area (Å²) in [5, 5.41) is 9.77. The summed E-state index contributed by atoms with van der Waals surface area (Å²) in [5.74, 6) is 0.825. The van der Waals surface area contributed by atoms with Crippen LogP contribution in [0.1, 0.15) is 22.3 Å². The van der Waals surface area contributed by atoms with Gasteiger partial charge in [-0.3, -0.25) is 0 Å². The molecule has 2 rings (SSSR count). The van der Waals surface area contributed by atoms with Crippen LogP contribution in [0.2, 0.25) is 5.02 Å². The summed E-state index contributed by atoms with van der Waals surface area (Å²) in [6.07, 6.45) is 0. The standard InChI is InChI=1S/C16H17ClO2/c1-11-7-15(8-12(2)16(11)17)19-10-14-5-3-13(9-18)4-6-14/h3-8,18H,9-10H2,1-2H3. The van der Waals surface area contributed by atoms with Crippen molar-refractivity contribution in [2.75, 3.05) is 0 Å². The topological polar surface area (TPSA) is 29.5 Å². The van der Waals surface area contributed by atoms with Crippen LogP contribution < -0.4 is 4.74 Å². The van der Waals surface area contributed by atoms with Crippen LogP contribution in [0.5, 0.6) is 5.75 Å². The number of rotatable bonds is 4. The lowest BCUT2D eigenvalue weighted by molar-refractivity contribution is 0.281. The first-order valence-corrected chi connectivity index (χ1v) is 6.56. The van der Waals surface area contributed by atoms with Crippen LogP contribution in [0.3, 0.4) is 0 Å². The second-order valence-corrected chi connectivity index (χ2v) is 5.01. The van der Waals surface area contributed by atoms with Gasteiger partial charge in [-0.25, -0.2) is 0 Å². The number of halogens is 1. The van der Waals surface area contributed by atoms with Gasteiger partial charge in [-0.05, 0) is 48.2 Å². The van der Waals surface area contributed by atoms with E-state index in [0.29, 0.717) is 6.61 Å². The average Bonchev–Trinajstić information content (AvgIpc) is 2.43. The summed E-state index contributed by atoms with van der Waals surface area (Å²) in [6, 6.07) is 11.6. The molecule has 2 aromatic rings. The van der Waals surface area contributed by atoms with Gasteiger partial charge in [-0.2, -0.15) is 0 Å². The highest BCUT2D eigenvalue weighted by molar-refractivity contribution is 6.32. The zero-order valence-electron chi connectivity index (χ0n) is 11.1. The van der Waals surface area contributed by atoms with Gasteiger partial charge in [-0.1, -0.05) is 35.9 Å². The van der Waals surface area contributed by atoms with E-state index in [0.717, 1.165) is 33.0 Å². The Morgan fingerprint density at radius 2 is 1.53 bits per heavy atom. The van der Waals surface area contributed by atoms with E-state index in [-0.39, 0.29) is 6.61 Å². The molecule has 0 unspecified atom stereocenters. The van der Waals surface area contributed by atoms with Crippen molar-refractivity contribution in [1.82, 2.24) is 0 Å². The first kappa shape index (κ1) is 13.9. The lowest BCUT2D eigenvalue weighted by Crippen LogP contribution is -1.97. The van der Waals surface area contributed by atoms with Crippen molar-refractivity contribution in [3.63, 3.8) is 0 Å². The number of aliphatic hydroxyl groups excluding tert-OH is 1. The Morgan fingerprint density at radius 3 is 2.05 bits per heavy atom. The fourth-order valence-corrected chi connectivity index (χ4v) is 2.01. The lowest BCUT2D eigenvalue weighted by Gasteiger charge is -2.10. The molecule has 0 saturated heterocycles. The van der Waals surface area contributed by atoms with Gasteiger partial charge >= 0.3 is 0 Å². The monoisotopic (exact) mass is 276 g/mol. The minimum Gasteiger partial charge on any atom is -0.489 e. The molecule has 0 aliphatic rings. The molecule has 0 saturated carbocycles. The Kier molecular flexibility index (Phi) is 4.46. The van der Waals surface area contributed by atoms with Crippen LogP contribution in [0, 0.1) is 13.8 Å². The minimum atomic E-state index is 0.0662. The van der Waals surface area contributed by atoms with E-state index in [1.807, 2.05) is 50.2 Å². The van der Waals surface area contributed by atoms with Crippen molar-refractivity contribution in [1.29, 1.82) is 0 Å². The van der Waals surface area contributed by atoms with Crippen molar-refractivity contribution in [3.05, 3.63) is 63.7 Å².